The zero-order chi connectivity index (χ0) is 15.6. The molecule has 2 aliphatic heterocycles. The van der Waals surface area contributed by atoms with Gasteiger partial charge in [0.1, 0.15) is 5.75 Å². The molecule has 0 spiro atoms. The summed E-state index contributed by atoms with van der Waals surface area (Å²) in [4.78, 5) is 20.2. The number of carbonyl (C=O) groups excluding carboxylic acids is 1. The van der Waals surface area contributed by atoms with E-state index in [4.69, 9.17) is 9.57 Å². The molecular weight excluding hydrogens is 280 g/mol. The van der Waals surface area contributed by atoms with Gasteiger partial charge >= 0.3 is 0 Å². The van der Waals surface area contributed by atoms with Crippen molar-refractivity contribution in [2.24, 2.45) is 5.16 Å². The van der Waals surface area contributed by atoms with Gasteiger partial charge in [-0.1, -0.05) is 5.16 Å². The maximum absolute atomic E-state index is 12.7. The summed E-state index contributed by atoms with van der Waals surface area (Å²) < 4.78 is 5.16. The number of ether oxygens (including phenoxy) is 1. The Hall–Kier alpha value is -2.04. The summed E-state index contributed by atoms with van der Waals surface area (Å²) in [6.45, 7) is 3.50. The molecule has 2 heterocycles. The second-order valence-corrected chi connectivity index (χ2v) is 6.12. The summed E-state index contributed by atoms with van der Waals surface area (Å²) in [5.41, 5.74) is 0.915. The first-order valence-electron chi connectivity index (χ1n) is 7.81. The van der Waals surface area contributed by atoms with E-state index in [1.807, 2.05) is 36.1 Å². The van der Waals surface area contributed by atoms with Crippen molar-refractivity contribution >= 4 is 11.6 Å². The van der Waals surface area contributed by atoms with E-state index in [-0.39, 0.29) is 5.91 Å². The quantitative estimate of drug-likeness (QED) is 0.862. The fraction of sp³-hybridized carbons (Fsp3) is 0.529. The van der Waals surface area contributed by atoms with Gasteiger partial charge in [0, 0.05) is 19.5 Å². The van der Waals surface area contributed by atoms with Crippen LogP contribution in [-0.2, 0) is 9.63 Å². The number of piperidine rings is 1. The summed E-state index contributed by atoms with van der Waals surface area (Å²) in [5.74, 6) is 0.856. The predicted octanol–water partition coefficient (Wildman–Crippen LogP) is 2.59. The Labute approximate surface area is 130 Å². The topological polar surface area (TPSA) is 51.1 Å². The van der Waals surface area contributed by atoms with Gasteiger partial charge in [-0.15, -0.1) is 0 Å². The number of hydrogen-bond acceptors (Lipinski definition) is 4. The van der Waals surface area contributed by atoms with Gasteiger partial charge in [0.25, 0.3) is 5.91 Å². The molecule has 5 heteroatoms. The van der Waals surface area contributed by atoms with E-state index in [1.165, 1.54) is 6.42 Å². The molecule has 0 radical (unpaired) electrons. The zero-order valence-corrected chi connectivity index (χ0v) is 13.2. The molecule has 1 amide bonds. The maximum atomic E-state index is 12.7. The molecule has 1 fully saturated rings. The van der Waals surface area contributed by atoms with Crippen LogP contribution in [0.1, 0.15) is 38.2 Å². The molecule has 0 bridgehead atoms. The minimum Gasteiger partial charge on any atom is -0.497 e. The first-order valence-corrected chi connectivity index (χ1v) is 7.81. The minimum atomic E-state index is -0.868. The van der Waals surface area contributed by atoms with Crippen LogP contribution >= 0.6 is 0 Å². The molecule has 1 atom stereocenters. The molecule has 1 saturated heterocycles. The van der Waals surface area contributed by atoms with Crippen LogP contribution in [0.5, 0.6) is 5.75 Å². The largest absolute Gasteiger partial charge is 0.497 e. The van der Waals surface area contributed by atoms with Crippen LogP contribution in [0.25, 0.3) is 0 Å². The van der Waals surface area contributed by atoms with Crippen LogP contribution in [0.2, 0.25) is 0 Å². The average Bonchev–Trinajstić information content (AvgIpc) is 2.98. The molecule has 3 rings (SSSR count). The van der Waals surface area contributed by atoms with E-state index in [1.54, 1.807) is 7.11 Å². The lowest BCUT2D eigenvalue weighted by molar-refractivity contribution is -0.154. The van der Waals surface area contributed by atoms with E-state index in [9.17, 15) is 4.79 Å². The summed E-state index contributed by atoms with van der Waals surface area (Å²) in [7, 11) is 1.64. The number of carbonyl (C=O) groups is 1. The van der Waals surface area contributed by atoms with Gasteiger partial charge in [-0.05, 0) is 56.0 Å². The highest BCUT2D eigenvalue weighted by Gasteiger charge is 2.44. The van der Waals surface area contributed by atoms with Crippen LogP contribution in [0.3, 0.4) is 0 Å². The van der Waals surface area contributed by atoms with E-state index in [0.717, 1.165) is 43.0 Å². The summed E-state index contributed by atoms with van der Waals surface area (Å²) in [6, 6.07) is 7.66. The molecule has 118 valence electrons. The Morgan fingerprint density at radius 2 is 1.91 bits per heavy atom. The first kappa shape index (κ1) is 14.9. The summed E-state index contributed by atoms with van der Waals surface area (Å²) >= 11 is 0. The highest BCUT2D eigenvalue weighted by Crippen LogP contribution is 2.30. The number of oxime groups is 1. The van der Waals surface area contributed by atoms with Crippen molar-refractivity contribution in [1.82, 2.24) is 4.90 Å². The van der Waals surface area contributed by atoms with Crippen molar-refractivity contribution in [2.75, 3.05) is 20.2 Å². The Morgan fingerprint density at radius 1 is 1.23 bits per heavy atom. The van der Waals surface area contributed by atoms with Crippen LogP contribution < -0.4 is 4.74 Å². The summed E-state index contributed by atoms with van der Waals surface area (Å²) in [5, 5.41) is 4.16. The van der Waals surface area contributed by atoms with Crippen LogP contribution in [-0.4, -0.2) is 42.3 Å². The van der Waals surface area contributed by atoms with Crippen molar-refractivity contribution in [1.29, 1.82) is 0 Å². The number of rotatable bonds is 3. The molecule has 0 saturated carbocycles. The highest BCUT2D eigenvalue weighted by molar-refractivity contribution is 6.05. The number of benzene rings is 1. The minimum absolute atomic E-state index is 0.0551. The number of likely N-dealkylation sites (tertiary alicyclic amines) is 1. The molecule has 0 unspecified atom stereocenters. The first-order chi connectivity index (χ1) is 10.6. The lowest BCUT2D eigenvalue weighted by Gasteiger charge is -2.32. The van der Waals surface area contributed by atoms with Crippen LogP contribution in [0.15, 0.2) is 29.4 Å². The van der Waals surface area contributed by atoms with Gasteiger partial charge < -0.3 is 14.5 Å². The smallest absolute Gasteiger partial charge is 0.269 e. The lowest BCUT2D eigenvalue weighted by atomic mass is 9.93. The second-order valence-electron chi connectivity index (χ2n) is 6.12. The van der Waals surface area contributed by atoms with Crippen molar-refractivity contribution < 1.29 is 14.4 Å². The Kier molecular flexibility index (Phi) is 4.05. The fourth-order valence-electron chi connectivity index (χ4n) is 3.02. The van der Waals surface area contributed by atoms with E-state index in [0.29, 0.717) is 6.42 Å². The molecule has 0 aromatic heterocycles. The van der Waals surface area contributed by atoms with Gasteiger partial charge in [0.15, 0.2) is 0 Å². The second kappa shape index (κ2) is 5.99. The Morgan fingerprint density at radius 3 is 2.55 bits per heavy atom. The van der Waals surface area contributed by atoms with Gasteiger partial charge in [-0.3, -0.25) is 4.79 Å². The lowest BCUT2D eigenvalue weighted by Crippen LogP contribution is -2.49. The number of methoxy groups -OCH3 is 1. The third-order valence-corrected chi connectivity index (χ3v) is 4.38. The highest BCUT2D eigenvalue weighted by atomic mass is 16.7. The van der Waals surface area contributed by atoms with Crippen molar-refractivity contribution in [3.8, 4) is 5.75 Å². The van der Waals surface area contributed by atoms with Crippen LogP contribution in [0.4, 0.5) is 0 Å². The van der Waals surface area contributed by atoms with Crippen molar-refractivity contribution in [2.45, 2.75) is 38.2 Å². The fourth-order valence-corrected chi connectivity index (χ4v) is 3.02. The average molecular weight is 302 g/mol. The predicted molar refractivity (Wildman–Crippen MR) is 84.1 cm³/mol. The molecule has 1 aromatic carbocycles. The Balaban J connectivity index is 1.69. The SMILES string of the molecule is COc1ccc(C2=NO[C@@](C)(C(=O)N3CCCCC3)C2)cc1. The van der Waals surface area contributed by atoms with E-state index >= 15 is 0 Å². The zero-order valence-electron chi connectivity index (χ0n) is 13.2. The van der Waals surface area contributed by atoms with Gasteiger partial charge in [-0.2, -0.15) is 0 Å². The Bertz CT molecular complexity index is 576. The molecule has 0 N–H and O–H groups in total. The molecule has 1 aromatic rings. The number of amides is 1. The molecule has 2 aliphatic rings. The molecular formula is C17H22N2O3. The van der Waals surface area contributed by atoms with Crippen molar-refractivity contribution in [3.05, 3.63) is 29.8 Å². The molecule has 0 aliphatic carbocycles. The maximum Gasteiger partial charge on any atom is 0.269 e. The number of nitrogens with zero attached hydrogens (tertiary/aromatic N) is 2. The standard InChI is InChI=1S/C17H22N2O3/c1-17(16(20)19-10-4-3-5-11-19)12-15(18-22-17)13-6-8-14(21-2)9-7-13/h6-9H,3-5,10-12H2,1-2H3/t17-/m1/s1. The monoisotopic (exact) mass is 302 g/mol. The van der Waals surface area contributed by atoms with Crippen molar-refractivity contribution in [3.63, 3.8) is 0 Å². The third-order valence-electron chi connectivity index (χ3n) is 4.38. The summed E-state index contributed by atoms with van der Waals surface area (Å²) in [6.07, 6.45) is 3.87. The number of hydrogen-bond donors (Lipinski definition) is 0. The normalized spacial score (nSPS) is 24.6. The van der Waals surface area contributed by atoms with Crippen LogP contribution in [0, 0.1) is 0 Å². The van der Waals surface area contributed by atoms with E-state index in [2.05, 4.69) is 5.16 Å². The third kappa shape index (κ3) is 2.80. The van der Waals surface area contributed by atoms with Gasteiger partial charge in [0.2, 0.25) is 5.60 Å². The molecule has 5 nitrogen and oxygen atoms in total. The molecule has 22 heavy (non-hydrogen) atoms. The van der Waals surface area contributed by atoms with E-state index < -0.39 is 5.60 Å². The van der Waals surface area contributed by atoms with Gasteiger partial charge in [-0.25, -0.2) is 0 Å². The van der Waals surface area contributed by atoms with Gasteiger partial charge in [0.05, 0.1) is 12.8 Å².